The molecule has 0 bridgehead atoms. The molecule has 2 N–H and O–H groups in total. The number of thioether (sulfide) groups is 1. The van der Waals surface area contributed by atoms with Crippen LogP contribution in [0.2, 0.25) is 0 Å². The minimum Gasteiger partial charge on any atom is -0.394 e. The van der Waals surface area contributed by atoms with Gasteiger partial charge in [0.15, 0.2) is 0 Å². The first-order chi connectivity index (χ1) is 9.65. The third-order valence-electron chi connectivity index (χ3n) is 3.48. The highest BCUT2D eigenvalue weighted by Gasteiger charge is 2.25. The third-order valence-corrected chi connectivity index (χ3v) is 4.98. The summed E-state index contributed by atoms with van der Waals surface area (Å²) in [6, 6.07) is 4.05. The highest BCUT2D eigenvalue weighted by Crippen LogP contribution is 2.22. The normalized spacial score (nSPS) is 14.2. The molecule has 5 heteroatoms. The van der Waals surface area contributed by atoms with Crippen molar-refractivity contribution in [2.45, 2.75) is 50.1 Å². The van der Waals surface area contributed by atoms with Crippen LogP contribution in [0.4, 0.5) is 0 Å². The van der Waals surface area contributed by atoms with Gasteiger partial charge in [0.25, 0.3) is 0 Å². The molecule has 1 rings (SSSR count). The van der Waals surface area contributed by atoms with E-state index in [9.17, 15) is 5.11 Å². The maximum atomic E-state index is 9.66. The lowest BCUT2D eigenvalue weighted by molar-refractivity contribution is 0.146. The Labute approximate surface area is 135 Å². The van der Waals surface area contributed by atoms with E-state index in [4.69, 9.17) is 0 Å². The van der Waals surface area contributed by atoms with Crippen LogP contribution in [0.15, 0.2) is 27.8 Å². The van der Waals surface area contributed by atoms with Crippen LogP contribution in [0.25, 0.3) is 0 Å². The van der Waals surface area contributed by atoms with Crippen LogP contribution in [0.1, 0.15) is 39.5 Å². The lowest BCUT2D eigenvalue weighted by Crippen LogP contribution is -2.48. The van der Waals surface area contributed by atoms with E-state index in [0.29, 0.717) is 0 Å². The highest BCUT2D eigenvalue weighted by atomic mass is 79.9. The van der Waals surface area contributed by atoms with Gasteiger partial charge in [-0.25, -0.2) is 4.98 Å². The quantitative estimate of drug-likeness (QED) is 0.491. The van der Waals surface area contributed by atoms with Crippen molar-refractivity contribution in [1.82, 2.24) is 10.3 Å². The van der Waals surface area contributed by atoms with Crippen LogP contribution < -0.4 is 5.32 Å². The Morgan fingerprint density at radius 1 is 1.40 bits per heavy atom. The Morgan fingerprint density at radius 3 is 2.75 bits per heavy atom. The van der Waals surface area contributed by atoms with Crippen molar-refractivity contribution >= 4 is 27.7 Å². The molecule has 1 heterocycles. The molecule has 0 aliphatic carbocycles. The molecule has 20 heavy (non-hydrogen) atoms. The SMILES string of the molecule is CCCNC(CC)(CO)CCCSc1ccc(Br)cn1. The Bertz CT molecular complexity index is 369. The number of aromatic nitrogens is 1. The van der Waals surface area contributed by atoms with E-state index in [1.54, 1.807) is 11.8 Å². The number of pyridine rings is 1. The van der Waals surface area contributed by atoms with Crippen LogP contribution in [0.5, 0.6) is 0 Å². The molecule has 114 valence electrons. The van der Waals surface area contributed by atoms with Crippen molar-refractivity contribution in [3.05, 3.63) is 22.8 Å². The zero-order valence-electron chi connectivity index (χ0n) is 12.4. The summed E-state index contributed by atoms with van der Waals surface area (Å²) in [7, 11) is 0. The van der Waals surface area contributed by atoms with E-state index in [0.717, 1.165) is 47.5 Å². The molecular formula is C15H25BrN2OS. The predicted molar refractivity (Wildman–Crippen MR) is 90.3 cm³/mol. The summed E-state index contributed by atoms with van der Waals surface area (Å²) in [4.78, 5) is 4.35. The summed E-state index contributed by atoms with van der Waals surface area (Å²) in [5, 5.41) is 14.2. The molecule has 3 nitrogen and oxygen atoms in total. The van der Waals surface area contributed by atoms with Gasteiger partial charge in [-0.15, -0.1) is 11.8 Å². The second-order valence-electron chi connectivity index (χ2n) is 4.99. The first kappa shape index (κ1) is 18.0. The molecule has 0 aliphatic heterocycles. The van der Waals surface area contributed by atoms with Gasteiger partial charge in [0, 0.05) is 16.2 Å². The minimum absolute atomic E-state index is 0.107. The van der Waals surface area contributed by atoms with Crippen molar-refractivity contribution < 1.29 is 5.11 Å². The standard InChI is InChI=1S/C15H25BrN2OS/c1-3-9-18-15(4-2,12-19)8-5-10-20-14-7-6-13(16)11-17-14/h6-7,11,18-19H,3-5,8-10,12H2,1-2H3. The van der Waals surface area contributed by atoms with E-state index in [1.807, 2.05) is 18.3 Å². The summed E-state index contributed by atoms with van der Waals surface area (Å²) >= 11 is 5.16. The number of halogens is 1. The molecule has 0 fully saturated rings. The van der Waals surface area contributed by atoms with E-state index in [-0.39, 0.29) is 12.1 Å². The fraction of sp³-hybridized carbons (Fsp3) is 0.667. The molecule has 0 saturated carbocycles. The van der Waals surface area contributed by atoms with Crippen LogP contribution >= 0.6 is 27.7 Å². The van der Waals surface area contributed by atoms with Crippen LogP contribution in [0.3, 0.4) is 0 Å². The van der Waals surface area contributed by atoms with Gasteiger partial charge < -0.3 is 10.4 Å². The van der Waals surface area contributed by atoms with Crippen molar-refractivity contribution in [3.8, 4) is 0 Å². The van der Waals surface area contributed by atoms with E-state index in [1.165, 1.54) is 0 Å². The number of aliphatic hydroxyl groups is 1. The Morgan fingerprint density at radius 2 is 2.20 bits per heavy atom. The summed E-state index contributed by atoms with van der Waals surface area (Å²) in [6.45, 7) is 5.47. The second-order valence-corrected chi connectivity index (χ2v) is 7.02. The molecule has 0 aliphatic rings. The molecule has 0 radical (unpaired) electrons. The lowest BCUT2D eigenvalue weighted by Gasteiger charge is -2.32. The first-order valence-corrected chi connectivity index (χ1v) is 9.04. The summed E-state index contributed by atoms with van der Waals surface area (Å²) in [5.41, 5.74) is -0.107. The maximum Gasteiger partial charge on any atom is 0.0960 e. The molecule has 0 aromatic carbocycles. The topological polar surface area (TPSA) is 45.1 Å². The molecule has 0 spiro atoms. The molecular weight excluding hydrogens is 336 g/mol. The second kappa shape index (κ2) is 9.77. The van der Waals surface area contributed by atoms with E-state index in [2.05, 4.69) is 40.1 Å². The van der Waals surface area contributed by atoms with Gasteiger partial charge in [-0.3, -0.25) is 0 Å². The Balaban J connectivity index is 2.34. The van der Waals surface area contributed by atoms with Crippen molar-refractivity contribution in [1.29, 1.82) is 0 Å². The lowest BCUT2D eigenvalue weighted by atomic mass is 9.91. The summed E-state index contributed by atoms with van der Waals surface area (Å²) < 4.78 is 1.01. The van der Waals surface area contributed by atoms with Gasteiger partial charge in [0.2, 0.25) is 0 Å². The van der Waals surface area contributed by atoms with Crippen LogP contribution in [-0.2, 0) is 0 Å². The Kier molecular flexibility index (Phi) is 8.77. The Hall–Kier alpha value is -0.100. The summed E-state index contributed by atoms with van der Waals surface area (Å²) in [5.74, 6) is 1.03. The highest BCUT2D eigenvalue weighted by molar-refractivity contribution is 9.10. The largest absolute Gasteiger partial charge is 0.394 e. The average Bonchev–Trinajstić information content (AvgIpc) is 2.49. The van der Waals surface area contributed by atoms with Gasteiger partial charge in [0.05, 0.1) is 11.6 Å². The summed E-state index contributed by atoms with van der Waals surface area (Å²) in [6.07, 6.45) is 5.97. The number of aliphatic hydroxyl groups excluding tert-OH is 1. The van der Waals surface area contributed by atoms with Crippen molar-refractivity contribution in [2.75, 3.05) is 18.9 Å². The monoisotopic (exact) mass is 360 g/mol. The zero-order chi connectivity index (χ0) is 14.8. The molecule has 0 saturated heterocycles. The molecule has 1 unspecified atom stereocenters. The average molecular weight is 361 g/mol. The maximum absolute atomic E-state index is 9.66. The van der Waals surface area contributed by atoms with E-state index >= 15 is 0 Å². The van der Waals surface area contributed by atoms with Gasteiger partial charge in [-0.1, -0.05) is 13.8 Å². The van der Waals surface area contributed by atoms with Gasteiger partial charge >= 0.3 is 0 Å². The van der Waals surface area contributed by atoms with E-state index < -0.39 is 0 Å². The predicted octanol–water partition coefficient (Wildman–Crippen LogP) is 3.86. The van der Waals surface area contributed by atoms with Gasteiger partial charge in [-0.2, -0.15) is 0 Å². The number of rotatable bonds is 10. The van der Waals surface area contributed by atoms with Crippen molar-refractivity contribution in [2.24, 2.45) is 0 Å². The molecule has 1 atom stereocenters. The fourth-order valence-electron chi connectivity index (χ4n) is 2.06. The number of hydrogen-bond acceptors (Lipinski definition) is 4. The fourth-order valence-corrected chi connectivity index (χ4v) is 3.09. The number of nitrogens with zero attached hydrogens (tertiary/aromatic N) is 1. The van der Waals surface area contributed by atoms with Gasteiger partial charge in [-0.05, 0) is 66.0 Å². The van der Waals surface area contributed by atoms with Gasteiger partial charge in [0.1, 0.15) is 0 Å². The molecule has 0 amide bonds. The van der Waals surface area contributed by atoms with Crippen LogP contribution in [0, 0.1) is 0 Å². The van der Waals surface area contributed by atoms with Crippen molar-refractivity contribution in [3.63, 3.8) is 0 Å². The number of nitrogens with one attached hydrogen (secondary N) is 1. The zero-order valence-corrected chi connectivity index (χ0v) is 14.8. The molecule has 1 aromatic heterocycles. The smallest absolute Gasteiger partial charge is 0.0960 e. The van der Waals surface area contributed by atoms with Crippen LogP contribution in [-0.4, -0.2) is 34.5 Å². The first-order valence-electron chi connectivity index (χ1n) is 7.26. The minimum atomic E-state index is -0.107. The molecule has 1 aromatic rings. The number of hydrogen-bond donors (Lipinski definition) is 2. The third kappa shape index (κ3) is 6.12.